The van der Waals surface area contributed by atoms with Crippen molar-refractivity contribution in [3.05, 3.63) is 100.0 Å². The number of hydrogen-bond donors (Lipinski definition) is 0. The van der Waals surface area contributed by atoms with Gasteiger partial charge in [-0.2, -0.15) is 5.10 Å². The maximum atomic E-state index is 13.7. The van der Waals surface area contributed by atoms with Crippen LogP contribution in [-0.4, -0.2) is 20.7 Å². The van der Waals surface area contributed by atoms with Crippen LogP contribution in [-0.2, 0) is 17.9 Å². The molecule has 5 rings (SSSR count). The topological polar surface area (TPSA) is 68.1 Å². The third-order valence-corrected chi connectivity index (χ3v) is 7.16. The van der Waals surface area contributed by atoms with E-state index in [0.717, 1.165) is 26.7 Å². The van der Waals surface area contributed by atoms with Gasteiger partial charge in [0, 0.05) is 5.39 Å². The molecule has 0 aliphatic heterocycles. The van der Waals surface area contributed by atoms with Crippen molar-refractivity contribution in [2.75, 3.05) is 4.90 Å². The molecule has 1 amide bonds. The van der Waals surface area contributed by atoms with Gasteiger partial charge in [0.1, 0.15) is 6.54 Å². The molecule has 7 heteroatoms. The van der Waals surface area contributed by atoms with E-state index in [1.165, 1.54) is 16.0 Å². The molecular formula is C28H26N4O2S. The molecule has 0 saturated carbocycles. The molecule has 6 nitrogen and oxygen atoms in total. The number of fused-ring (bicyclic) bond motifs is 2. The van der Waals surface area contributed by atoms with Crippen LogP contribution in [0.5, 0.6) is 0 Å². The number of carbonyl (C=O) groups excluding carboxylic acids is 1. The van der Waals surface area contributed by atoms with Crippen molar-refractivity contribution in [3.63, 3.8) is 0 Å². The predicted octanol–water partition coefficient (Wildman–Crippen LogP) is 5.67. The number of amides is 1. The molecule has 176 valence electrons. The number of thiazole rings is 1. The van der Waals surface area contributed by atoms with Crippen LogP contribution in [0.2, 0.25) is 0 Å². The Bertz CT molecular complexity index is 1590. The zero-order chi connectivity index (χ0) is 24.5. The Morgan fingerprint density at radius 2 is 1.69 bits per heavy atom. The number of rotatable bonds is 6. The number of carbonyl (C=O) groups is 1. The summed E-state index contributed by atoms with van der Waals surface area (Å²) < 4.78 is 2.30. The van der Waals surface area contributed by atoms with E-state index in [-0.39, 0.29) is 18.0 Å². The Morgan fingerprint density at radius 1 is 0.971 bits per heavy atom. The number of nitrogens with zero attached hydrogens (tertiary/aromatic N) is 4. The summed E-state index contributed by atoms with van der Waals surface area (Å²) in [5.41, 5.74) is 3.50. The van der Waals surface area contributed by atoms with Gasteiger partial charge in [0.2, 0.25) is 0 Å². The van der Waals surface area contributed by atoms with E-state index >= 15 is 0 Å². The first kappa shape index (κ1) is 22.9. The monoisotopic (exact) mass is 482 g/mol. The van der Waals surface area contributed by atoms with Gasteiger partial charge in [-0.15, -0.1) is 0 Å². The molecule has 2 heterocycles. The number of aromatic nitrogens is 3. The molecule has 35 heavy (non-hydrogen) atoms. The first-order chi connectivity index (χ1) is 16.9. The quantitative estimate of drug-likeness (QED) is 0.313. The van der Waals surface area contributed by atoms with E-state index < -0.39 is 0 Å². The van der Waals surface area contributed by atoms with Crippen molar-refractivity contribution in [2.24, 2.45) is 0 Å². The lowest BCUT2D eigenvalue weighted by atomic mass is 10.0. The third-order valence-electron chi connectivity index (χ3n) is 6.11. The smallest absolute Gasteiger partial charge is 0.275 e. The summed E-state index contributed by atoms with van der Waals surface area (Å²) in [7, 11) is 0. The maximum absolute atomic E-state index is 13.7. The maximum Gasteiger partial charge on any atom is 0.275 e. The van der Waals surface area contributed by atoms with Gasteiger partial charge in [-0.05, 0) is 36.1 Å². The number of benzene rings is 3. The molecule has 0 aliphatic rings. The van der Waals surface area contributed by atoms with Crippen LogP contribution in [0, 0.1) is 6.92 Å². The van der Waals surface area contributed by atoms with E-state index in [1.807, 2.05) is 67.6 Å². The van der Waals surface area contributed by atoms with Crippen LogP contribution in [0.25, 0.3) is 21.0 Å². The third kappa shape index (κ3) is 4.47. The fourth-order valence-electron chi connectivity index (χ4n) is 4.29. The molecule has 0 aliphatic carbocycles. The second-order valence-electron chi connectivity index (χ2n) is 8.90. The van der Waals surface area contributed by atoms with Crippen molar-refractivity contribution in [1.29, 1.82) is 0 Å². The molecule has 0 saturated heterocycles. The summed E-state index contributed by atoms with van der Waals surface area (Å²) in [5, 5.41) is 6.42. The van der Waals surface area contributed by atoms with E-state index in [4.69, 9.17) is 4.98 Å². The van der Waals surface area contributed by atoms with Crippen molar-refractivity contribution < 1.29 is 4.79 Å². The predicted molar refractivity (Wildman–Crippen MR) is 142 cm³/mol. The lowest BCUT2D eigenvalue weighted by Gasteiger charge is -2.20. The van der Waals surface area contributed by atoms with Crippen molar-refractivity contribution in [2.45, 2.75) is 39.8 Å². The van der Waals surface area contributed by atoms with E-state index in [0.29, 0.717) is 28.7 Å². The first-order valence-corrected chi connectivity index (χ1v) is 12.4. The van der Waals surface area contributed by atoms with E-state index in [1.54, 1.807) is 11.0 Å². The van der Waals surface area contributed by atoms with Crippen LogP contribution in [0.15, 0.2) is 77.6 Å². The van der Waals surface area contributed by atoms with Gasteiger partial charge in [-0.3, -0.25) is 14.5 Å². The summed E-state index contributed by atoms with van der Waals surface area (Å²) in [4.78, 5) is 33.4. The van der Waals surface area contributed by atoms with Gasteiger partial charge in [-0.1, -0.05) is 85.8 Å². The van der Waals surface area contributed by atoms with Gasteiger partial charge in [0.25, 0.3) is 11.5 Å². The summed E-state index contributed by atoms with van der Waals surface area (Å²) >= 11 is 1.49. The minimum absolute atomic E-state index is 0.162. The fourth-order valence-corrected chi connectivity index (χ4v) is 5.31. The number of aryl methyl sites for hydroxylation is 1. The second-order valence-corrected chi connectivity index (χ2v) is 9.91. The van der Waals surface area contributed by atoms with Crippen molar-refractivity contribution in [3.8, 4) is 0 Å². The van der Waals surface area contributed by atoms with Crippen molar-refractivity contribution in [1.82, 2.24) is 14.8 Å². The minimum atomic E-state index is -0.273. The van der Waals surface area contributed by atoms with Crippen LogP contribution >= 0.6 is 11.3 Å². The molecule has 0 bridgehead atoms. The van der Waals surface area contributed by atoms with Crippen LogP contribution < -0.4 is 10.5 Å². The molecule has 0 radical (unpaired) electrons. The molecule has 0 spiro atoms. The van der Waals surface area contributed by atoms with Crippen LogP contribution in [0.3, 0.4) is 0 Å². The second kappa shape index (κ2) is 9.43. The fraction of sp³-hybridized carbons (Fsp3) is 0.214. The Hall–Kier alpha value is -3.84. The molecule has 2 aromatic heterocycles. The molecule has 0 atom stereocenters. The highest BCUT2D eigenvalue weighted by molar-refractivity contribution is 7.22. The molecule has 0 unspecified atom stereocenters. The van der Waals surface area contributed by atoms with Gasteiger partial charge in [0.05, 0.1) is 27.8 Å². The highest BCUT2D eigenvalue weighted by atomic mass is 32.1. The Balaban J connectivity index is 1.57. The number of anilines is 1. The van der Waals surface area contributed by atoms with Gasteiger partial charge >= 0.3 is 0 Å². The number of para-hydroxylation sites is 1. The Labute approximate surface area is 207 Å². The Morgan fingerprint density at radius 3 is 2.43 bits per heavy atom. The summed E-state index contributed by atoms with van der Waals surface area (Å²) in [6, 6.07) is 23.3. The van der Waals surface area contributed by atoms with E-state index in [2.05, 4.69) is 25.0 Å². The van der Waals surface area contributed by atoms with Crippen molar-refractivity contribution >= 4 is 43.4 Å². The van der Waals surface area contributed by atoms with Gasteiger partial charge in [0.15, 0.2) is 5.13 Å². The zero-order valence-electron chi connectivity index (χ0n) is 19.9. The summed E-state index contributed by atoms with van der Waals surface area (Å²) in [6.07, 6.45) is 0. The Kier molecular flexibility index (Phi) is 6.17. The number of hydrogen-bond acceptors (Lipinski definition) is 5. The van der Waals surface area contributed by atoms with Crippen LogP contribution in [0.4, 0.5) is 5.13 Å². The minimum Gasteiger partial charge on any atom is -0.282 e. The lowest BCUT2D eigenvalue weighted by molar-refractivity contribution is -0.119. The molecule has 3 aromatic carbocycles. The highest BCUT2D eigenvalue weighted by Gasteiger charge is 2.23. The summed E-state index contributed by atoms with van der Waals surface area (Å²) in [6.45, 7) is 6.33. The molecule has 0 fully saturated rings. The largest absolute Gasteiger partial charge is 0.282 e. The van der Waals surface area contributed by atoms with E-state index in [9.17, 15) is 9.59 Å². The van der Waals surface area contributed by atoms with Gasteiger partial charge < -0.3 is 0 Å². The lowest BCUT2D eigenvalue weighted by Crippen LogP contribution is -2.37. The average Bonchev–Trinajstić information content (AvgIpc) is 3.30. The molecular weight excluding hydrogens is 456 g/mol. The average molecular weight is 483 g/mol. The van der Waals surface area contributed by atoms with Crippen LogP contribution in [0.1, 0.15) is 36.6 Å². The first-order valence-electron chi connectivity index (χ1n) is 11.6. The SMILES string of the molecule is Cc1nn(CC(=O)N(Cc2ccccc2)c2nc3c(C(C)C)cccc3s2)c(=O)c2ccccc12. The highest BCUT2D eigenvalue weighted by Crippen LogP contribution is 2.34. The molecule has 0 N–H and O–H groups in total. The normalized spacial score (nSPS) is 11.4. The summed E-state index contributed by atoms with van der Waals surface area (Å²) in [5.74, 6) is 0.0820. The molecule has 5 aromatic rings. The standard InChI is InChI=1S/C28H26N4O2S/c1-18(2)21-14-9-15-24-26(21)29-28(35-24)31(16-20-10-5-4-6-11-20)25(33)17-32-27(34)23-13-8-7-12-22(23)19(3)30-32/h4-15,18H,16-17H2,1-3H3. The zero-order valence-corrected chi connectivity index (χ0v) is 20.7. The van der Waals surface area contributed by atoms with Gasteiger partial charge in [-0.25, -0.2) is 9.67 Å².